The van der Waals surface area contributed by atoms with E-state index in [2.05, 4.69) is 25.9 Å². The van der Waals surface area contributed by atoms with Crippen LogP contribution in [0, 0.1) is 0 Å². The van der Waals surface area contributed by atoms with Crippen LogP contribution in [0.4, 0.5) is 0 Å². The Hall–Kier alpha value is -0.680. The maximum Gasteiger partial charge on any atom is 0.265 e. The number of methoxy groups -OCH3 is 1. The molecule has 0 atom stereocenters. The molecule has 1 heterocycles. The highest BCUT2D eigenvalue weighted by atomic mass is 79.9. The normalized spacial score (nSPS) is 19.9. The minimum Gasteiger partial charge on any atom is -0.370 e. The van der Waals surface area contributed by atoms with Crippen molar-refractivity contribution < 1.29 is 4.74 Å². The highest BCUT2D eigenvalue weighted by Gasteiger charge is 2.35. The maximum absolute atomic E-state index is 11.6. The Balaban J connectivity index is 2.38. The van der Waals surface area contributed by atoms with Crippen molar-refractivity contribution in [1.82, 2.24) is 9.97 Å². The van der Waals surface area contributed by atoms with Gasteiger partial charge in [-0.25, -0.2) is 4.98 Å². The van der Waals surface area contributed by atoms with Crippen LogP contribution in [-0.4, -0.2) is 17.1 Å². The van der Waals surface area contributed by atoms with Gasteiger partial charge in [-0.05, 0) is 28.8 Å². The molecular weight excluding hydrogens is 284 g/mol. The second kappa shape index (κ2) is 5.31. The third-order valence-corrected chi connectivity index (χ3v) is 4.05. The van der Waals surface area contributed by atoms with E-state index >= 15 is 0 Å². The second-order valence-corrected chi connectivity index (χ2v) is 5.38. The molecule has 0 bridgehead atoms. The van der Waals surface area contributed by atoms with Crippen LogP contribution in [0.5, 0.6) is 0 Å². The van der Waals surface area contributed by atoms with Crippen molar-refractivity contribution in [1.29, 1.82) is 0 Å². The molecule has 0 saturated heterocycles. The van der Waals surface area contributed by atoms with Gasteiger partial charge in [0.15, 0.2) is 0 Å². The van der Waals surface area contributed by atoms with E-state index in [0.29, 0.717) is 10.3 Å². The standard InChI is InChI=1S/C12H17BrN2O2/c1-17-12(6-4-2-3-5-7-12)11-14-8-9(13)10(16)15-11/h8H,2-7H2,1H3,(H,14,15,16). The van der Waals surface area contributed by atoms with Crippen molar-refractivity contribution in [3.63, 3.8) is 0 Å². The van der Waals surface area contributed by atoms with Gasteiger partial charge in [0.2, 0.25) is 0 Å². The first-order valence-electron chi connectivity index (χ1n) is 5.98. The summed E-state index contributed by atoms with van der Waals surface area (Å²) in [5.41, 5.74) is -0.549. The van der Waals surface area contributed by atoms with Crippen molar-refractivity contribution in [3.8, 4) is 0 Å². The third kappa shape index (κ3) is 2.60. The molecule has 94 valence electrons. The fraction of sp³-hybridized carbons (Fsp3) is 0.667. The molecule has 0 aromatic carbocycles. The number of ether oxygens (including phenoxy) is 1. The van der Waals surface area contributed by atoms with Gasteiger partial charge >= 0.3 is 0 Å². The number of hydrogen-bond acceptors (Lipinski definition) is 3. The quantitative estimate of drug-likeness (QED) is 0.855. The van der Waals surface area contributed by atoms with E-state index in [0.717, 1.165) is 25.7 Å². The number of aromatic nitrogens is 2. The zero-order valence-corrected chi connectivity index (χ0v) is 11.5. The van der Waals surface area contributed by atoms with Crippen molar-refractivity contribution >= 4 is 15.9 Å². The molecule has 1 aromatic heterocycles. The average Bonchev–Trinajstić information content (AvgIpc) is 2.59. The van der Waals surface area contributed by atoms with Gasteiger partial charge in [0.25, 0.3) is 5.56 Å². The predicted octanol–water partition coefficient (Wildman–Crippen LogP) is 2.73. The topological polar surface area (TPSA) is 55.0 Å². The summed E-state index contributed by atoms with van der Waals surface area (Å²) in [4.78, 5) is 18.8. The van der Waals surface area contributed by atoms with Gasteiger partial charge < -0.3 is 9.72 Å². The van der Waals surface area contributed by atoms with Crippen LogP contribution < -0.4 is 5.56 Å². The summed E-state index contributed by atoms with van der Waals surface area (Å²) in [6, 6.07) is 0. The van der Waals surface area contributed by atoms with E-state index in [1.165, 1.54) is 12.8 Å². The summed E-state index contributed by atoms with van der Waals surface area (Å²) in [5, 5.41) is 0. The third-order valence-electron chi connectivity index (χ3n) is 3.49. The first-order valence-corrected chi connectivity index (χ1v) is 6.78. The first kappa shape index (κ1) is 12.8. The van der Waals surface area contributed by atoms with E-state index in [9.17, 15) is 4.79 Å². The number of aromatic amines is 1. The monoisotopic (exact) mass is 300 g/mol. The van der Waals surface area contributed by atoms with E-state index in [-0.39, 0.29) is 5.56 Å². The van der Waals surface area contributed by atoms with Crippen LogP contribution in [0.15, 0.2) is 15.5 Å². The Kier molecular flexibility index (Phi) is 3.99. The van der Waals surface area contributed by atoms with Crippen molar-refractivity contribution in [3.05, 3.63) is 26.8 Å². The molecule has 17 heavy (non-hydrogen) atoms. The lowest BCUT2D eigenvalue weighted by Gasteiger charge is -2.30. The molecule has 2 rings (SSSR count). The molecule has 1 fully saturated rings. The molecule has 1 saturated carbocycles. The van der Waals surface area contributed by atoms with Crippen LogP contribution in [0.1, 0.15) is 44.3 Å². The lowest BCUT2D eigenvalue weighted by molar-refractivity contribution is -0.0353. The summed E-state index contributed by atoms with van der Waals surface area (Å²) in [6.45, 7) is 0. The molecule has 1 aliphatic rings. The number of halogens is 1. The smallest absolute Gasteiger partial charge is 0.265 e. The van der Waals surface area contributed by atoms with Crippen LogP contribution in [0.3, 0.4) is 0 Å². The molecule has 5 heteroatoms. The molecule has 1 aromatic rings. The molecule has 0 amide bonds. The highest BCUT2D eigenvalue weighted by Crippen LogP contribution is 2.36. The molecule has 4 nitrogen and oxygen atoms in total. The molecule has 1 aliphatic carbocycles. The summed E-state index contributed by atoms with van der Waals surface area (Å²) in [6.07, 6.45) is 8.10. The fourth-order valence-electron chi connectivity index (χ4n) is 2.45. The summed E-state index contributed by atoms with van der Waals surface area (Å²) in [7, 11) is 1.70. The van der Waals surface area contributed by atoms with Crippen molar-refractivity contribution in [2.45, 2.75) is 44.1 Å². The zero-order valence-electron chi connectivity index (χ0n) is 9.96. The van der Waals surface area contributed by atoms with Crippen molar-refractivity contribution in [2.75, 3.05) is 7.11 Å². The molecule has 0 spiro atoms. The number of hydrogen-bond donors (Lipinski definition) is 1. The molecular formula is C12H17BrN2O2. The second-order valence-electron chi connectivity index (χ2n) is 4.52. The van der Waals surface area contributed by atoms with Crippen LogP contribution >= 0.6 is 15.9 Å². The highest BCUT2D eigenvalue weighted by molar-refractivity contribution is 9.10. The van der Waals surface area contributed by atoms with Crippen LogP contribution in [0.2, 0.25) is 0 Å². The number of rotatable bonds is 2. The predicted molar refractivity (Wildman–Crippen MR) is 68.9 cm³/mol. The Labute approximate surface area is 109 Å². The zero-order chi connectivity index (χ0) is 12.3. The van der Waals surface area contributed by atoms with Gasteiger partial charge in [0, 0.05) is 13.3 Å². The lowest BCUT2D eigenvalue weighted by atomic mass is 9.93. The molecule has 1 N–H and O–H groups in total. The maximum atomic E-state index is 11.6. The summed E-state index contributed by atoms with van der Waals surface area (Å²) < 4.78 is 6.15. The van der Waals surface area contributed by atoms with Gasteiger partial charge in [0.1, 0.15) is 15.9 Å². The van der Waals surface area contributed by atoms with Crippen LogP contribution in [-0.2, 0) is 10.3 Å². The minimum atomic E-state index is -0.406. The Bertz CT molecular complexity index is 436. The summed E-state index contributed by atoms with van der Waals surface area (Å²) >= 11 is 3.16. The summed E-state index contributed by atoms with van der Waals surface area (Å²) in [5.74, 6) is 0.662. The number of nitrogens with one attached hydrogen (secondary N) is 1. The van der Waals surface area contributed by atoms with Gasteiger partial charge in [-0.15, -0.1) is 0 Å². The van der Waals surface area contributed by atoms with E-state index in [1.807, 2.05) is 0 Å². The van der Waals surface area contributed by atoms with E-state index in [1.54, 1.807) is 13.3 Å². The SMILES string of the molecule is COC1(c2ncc(Br)c(=O)[nH]2)CCCCCC1. The Morgan fingerprint density at radius 1 is 1.35 bits per heavy atom. The van der Waals surface area contributed by atoms with Crippen molar-refractivity contribution in [2.24, 2.45) is 0 Å². The van der Waals surface area contributed by atoms with Gasteiger partial charge in [-0.3, -0.25) is 4.79 Å². The Morgan fingerprint density at radius 3 is 2.53 bits per heavy atom. The van der Waals surface area contributed by atoms with Gasteiger partial charge in [-0.1, -0.05) is 25.7 Å². The van der Waals surface area contributed by atoms with Gasteiger partial charge in [-0.2, -0.15) is 0 Å². The van der Waals surface area contributed by atoms with E-state index in [4.69, 9.17) is 4.74 Å². The molecule has 0 aliphatic heterocycles. The Morgan fingerprint density at radius 2 is 2.00 bits per heavy atom. The lowest BCUT2D eigenvalue weighted by Crippen LogP contribution is -2.32. The fourth-order valence-corrected chi connectivity index (χ4v) is 2.65. The average molecular weight is 301 g/mol. The first-order chi connectivity index (χ1) is 8.18. The minimum absolute atomic E-state index is 0.143. The number of nitrogens with zero attached hydrogens (tertiary/aromatic N) is 1. The molecule has 0 unspecified atom stereocenters. The largest absolute Gasteiger partial charge is 0.370 e. The van der Waals surface area contributed by atoms with Gasteiger partial charge in [0.05, 0.1) is 0 Å². The number of H-pyrrole nitrogens is 1. The van der Waals surface area contributed by atoms with E-state index < -0.39 is 5.60 Å². The molecule has 0 radical (unpaired) electrons. The van der Waals surface area contributed by atoms with Crippen LogP contribution in [0.25, 0.3) is 0 Å².